The van der Waals surface area contributed by atoms with Crippen LogP contribution < -0.4 is 15.8 Å². The fourth-order valence-corrected chi connectivity index (χ4v) is 4.21. The number of nitrogens with one attached hydrogen (secondary N) is 2. The molecule has 3 rings (SSSR count). The number of carbonyl (C=O) groups excluding carboxylic acids is 2. The number of hydrogen-bond acceptors (Lipinski definition) is 7. The van der Waals surface area contributed by atoms with Crippen LogP contribution in [-0.2, 0) is 22.6 Å². The number of thiophene rings is 1. The SMILES string of the molecule is N=C(N)c1ccc(OC(=O)c2cc3c(s2)CN(C(=O)N[C@@H](CC(=O)O)C(=O)O)CC3)c(F)c1. The Hall–Kier alpha value is -4.00. The molecule has 0 saturated heterocycles. The van der Waals surface area contributed by atoms with Crippen molar-refractivity contribution in [1.82, 2.24) is 10.2 Å². The first-order valence-corrected chi connectivity index (χ1v) is 10.3. The van der Waals surface area contributed by atoms with Crippen LogP contribution >= 0.6 is 11.3 Å². The molecular weight excluding hydrogens is 459 g/mol. The van der Waals surface area contributed by atoms with Gasteiger partial charge in [-0.15, -0.1) is 11.3 Å². The maximum absolute atomic E-state index is 14.1. The molecule has 1 aromatic heterocycles. The molecule has 2 heterocycles. The van der Waals surface area contributed by atoms with Crippen LogP contribution in [0.4, 0.5) is 9.18 Å². The first-order valence-electron chi connectivity index (χ1n) is 9.53. The lowest BCUT2D eigenvalue weighted by atomic mass is 10.1. The number of ether oxygens (including phenoxy) is 1. The number of nitrogens with zero attached hydrogens (tertiary/aromatic N) is 1. The lowest BCUT2D eigenvalue weighted by molar-refractivity contribution is -0.145. The number of urea groups is 1. The van der Waals surface area contributed by atoms with E-state index in [-0.39, 0.29) is 35.1 Å². The smallest absolute Gasteiger partial charge is 0.353 e. The Morgan fingerprint density at radius 3 is 2.61 bits per heavy atom. The number of aliphatic carboxylic acids is 2. The minimum Gasteiger partial charge on any atom is -0.481 e. The van der Waals surface area contributed by atoms with Gasteiger partial charge in [-0.25, -0.2) is 18.8 Å². The van der Waals surface area contributed by atoms with Gasteiger partial charge in [0, 0.05) is 17.0 Å². The number of halogens is 1. The standard InChI is InChI=1S/C20H19FN4O7S/c21-11-5-10(17(22)23)1-2-13(11)32-19(30)14-6-9-3-4-25(8-15(9)33-14)20(31)24-12(18(28)29)7-16(26)27/h1-2,5-6,12H,3-4,7-8H2,(H3,22,23)(H,24,31)(H,26,27)(H,28,29)/t12-/m0/s1. The second-order valence-corrected chi connectivity index (χ2v) is 8.25. The summed E-state index contributed by atoms with van der Waals surface area (Å²) in [5.41, 5.74) is 6.24. The molecule has 174 valence electrons. The highest BCUT2D eigenvalue weighted by molar-refractivity contribution is 7.14. The molecule has 0 saturated carbocycles. The Morgan fingerprint density at radius 1 is 1.27 bits per heavy atom. The highest BCUT2D eigenvalue weighted by Gasteiger charge is 2.29. The number of fused-ring (bicyclic) bond motifs is 1. The Morgan fingerprint density at radius 2 is 2.00 bits per heavy atom. The number of amidine groups is 1. The Balaban J connectivity index is 1.67. The van der Waals surface area contributed by atoms with Gasteiger partial charge in [-0.2, -0.15) is 0 Å². The predicted octanol–water partition coefficient (Wildman–Crippen LogP) is 1.39. The third kappa shape index (κ3) is 5.63. The number of carboxylic acid groups (broad SMARTS) is 2. The van der Waals surface area contributed by atoms with E-state index in [2.05, 4.69) is 5.32 Å². The van der Waals surface area contributed by atoms with Crippen molar-refractivity contribution in [1.29, 1.82) is 5.41 Å². The minimum absolute atomic E-state index is 0.0835. The van der Waals surface area contributed by atoms with Crippen LogP contribution in [-0.4, -0.2) is 57.5 Å². The van der Waals surface area contributed by atoms with Crippen molar-refractivity contribution in [2.24, 2.45) is 5.73 Å². The number of nitrogens with two attached hydrogens (primary N) is 1. The van der Waals surface area contributed by atoms with Crippen LogP contribution in [0.15, 0.2) is 24.3 Å². The number of carbonyl (C=O) groups is 4. The summed E-state index contributed by atoms with van der Waals surface area (Å²) >= 11 is 1.05. The minimum atomic E-state index is -1.57. The third-order valence-corrected chi connectivity index (χ3v) is 5.93. The van der Waals surface area contributed by atoms with E-state index in [9.17, 15) is 23.6 Å². The van der Waals surface area contributed by atoms with Crippen molar-refractivity contribution in [3.8, 4) is 5.75 Å². The van der Waals surface area contributed by atoms with Gasteiger partial charge in [0.15, 0.2) is 11.6 Å². The van der Waals surface area contributed by atoms with Crippen LogP contribution in [0.25, 0.3) is 0 Å². The molecule has 0 bridgehead atoms. The van der Waals surface area contributed by atoms with Gasteiger partial charge in [-0.3, -0.25) is 10.2 Å². The molecule has 1 atom stereocenters. The second kappa shape index (κ2) is 9.65. The Kier molecular flexibility index (Phi) is 6.92. The third-order valence-electron chi connectivity index (χ3n) is 4.79. The number of hydrogen-bond donors (Lipinski definition) is 5. The quantitative estimate of drug-likeness (QED) is 0.171. The molecule has 0 spiro atoms. The van der Waals surface area contributed by atoms with Crippen molar-refractivity contribution in [2.75, 3.05) is 6.54 Å². The molecule has 6 N–H and O–H groups in total. The van der Waals surface area contributed by atoms with Gasteiger partial charge in [0.05, 0.1) is 13.0 Å². The van der Waals surface area contributed by atoms with Gasteiger partial charge in [-0.05, 0) is 36.2 Å². The summed E-state index contributed by atoms with van der Waals surface area (Å²) < 4.78 is 19.2. The van der Waals surface area contributed by atoms with Gasteiger partial charge < -0.3 is 30.9 Å². The normalized spacial score (nSPS) is 13.5. The zero-order valence-electron chi connectivity index (χ0n) is 17.0. The molecule has 0 radical (unpaired) electrons. The van der Waals surface area contributed by atoms with Crippen LogP contribution in [0.1, 0.15) is 32.1 Å². The molecule has 1 aliphatic heterocycles. The van der Waals surface area contributed by atoms with Crippen molar-refractivity contribution in [3.05, 3.63) is 51.0 Å². The summed E-state index contributed by atoms with van der Waals surface area (Å²) in [6.45, 7) is 0.310. The monoisotopic (exact) mass is 478 g/mol. The van der Waals surface area contributed by atoms with E-state index in [4.69, 9.17) is 26.1 Å². The van der Waals surface area contributed by atoms with Gasteiger partial charge in [0.2, 0.25) is 0 Å². The molecular formula is C20H19FN4O7S. The van der Waals surface area contributed by atoms with Gasteiger partial charge in [0.25, 0.3) is 0 Å². The van der Waals surface area contributed by atoms with Crippen molar-refractivity contribution in [3.63, 3.8) is 0 Å². The topological polar surface area (TPSA) is 183 Å². The Bertz CT molecular complexity index is 1150. The number of nitrogen functional groups attached to an aromatic ring is 1. The Labute approximate surface area is 190 Å². The van der Waals surface area contributed by atoms with E-state index in [1.807, 2.05) is 0 Å². The molecule has 2 aromatic rings. The van der Waals surface area contributed by atoms with E-state index in [0.717, 1.165) is 23.0 Å². The average molecular weight is 478 g/mol. The van der Waals surface area contributed by atoms with Crippen molar-refractivity contribution in [2.45, 2.75) is 25.4 Å². The van der Waals surface area contributed by atoms with Crippen LogP contribution in [0.5, 0.6) is 5.75 Å². The summed E-state index contributed by atoms with van der Waals surface area (Å²) in [5.74, 6) is -5.13. The molecule has 13 heteroatoms. The van der Waals surface area contributed by atoms with E-state index in [1.54, 1.807) is 6.07 Å². The second-order valence-electron chi connectivity index (χ2n) is 7.12. The fourth-order valence-electron chi connectivity index (χ4n) is 3.11. The number of rotatable bonds is 7. The van der Waals surface area contributed by atoms with Crippen LogP contribution in [0, 0.1) is 11.2 Å². The molecule has 0 aliphatic carbocycles. The van der Waals surface area contributed by atoms with E-state index >= 15 is 0 Å². The van der Waals surface area contributed by atoms with E-state index < -0.39 is 42.2 Å². The van der Waals surface area contributed by atoms with Gasteiger partial charge in [-0.1, -0.05) is 0 Å². The first-order chi connectivity index (χ1) is 15.5. The molecule has 2 amide bonds. The average Bonchev–Trinajstić information content (AvgIpc) is 3.17. The number of esters is 1. The first kappa shape index (κ1) is 23.7. The van der Waals surface area contributed by atoms with Crippen molar-refractivity contribution >= 4 is 41.1 Å². The summed E-state index contributed by atoms with van der Waals surface area (Å²) in [6, 6.07) is 2.80. The number of carboxylic acids is 2. The lowest BCUT2D eigenvalue weighted by Crippen LogP contribution is -2.49. The van der Waals surface area contributed by atoms with Gasteiger partial charge in [0.1, 0.15) is 16.8 Å². The largest absolute Gasteiger partial charge is 0.481 e. The van der Waals surface area contributed by atoms with Crippen LogP contribution in [0.3, 0.4) is 0 Å². The van der Waals surface area contributed by atoms with Gasteiger partial charge >= 0.3 is 23.9 Å². The molecule has 1 aromatic carbocycles. The lowest BCUT2D eigenvalue weighted by Gasteiger charge is -2.28. The van der Waals surface area contributed by atoms with E-state index in [0.29, 0.717) is 11.3 Å². The maximum Gasteiger partial charge on any atom is 0.353 e. The maximum atomic E-state index is 14.1. The predicted molar refractivity (Wildman–Crippen MR) is 113 cm³/mol. The van der Waals surface area contributed by atoms with Crippen molar-refractivity contribution < 1.29 is 38.5 Å². The molecule has 33 heavy (non-hydrogen) atoms. The summed E-state index contributed by atoms with van der Waals surface area (Å²) in [6.07, 6.45) is -0.385. The molecule has 0 fully saturated rings. The molecule has 1 aliphatic rings. The summed E-state index contributed by atoms with van der Waals surface area (Å²) in [4.78, 5) is 49.0. The summed E-state index contributed by atoms with van der Waals surface area (Å²) in [5, 5.41) is 27.4. The highest BCUT2D eigenvalue weighted by Crippen LogP contribution is 2.30. The number of benzene rings is 1. The summed E-state index contributed by atoms with van der Waals surface area (Å²) in [7, 11) is 0. The zero-order chi connectivity index (χ0) is 24.3. The number of amides is 2. The van der Waals surface area contributed by atoms with Crippen LogP contribution in [0.2, 0.25) is 0 Å². The fraction of sp³-hybridized carbons (Fsp3) is 0.250. The molecule has 0 unspecified atom stereocenters. The van der Waals surface area contributed by atoms with E-state index in [1.165, 1.54) is 17.0 Å². The highest BCUT2D eigenvalue weighted by atomic mass is 32.1. The molecule has 11 nitrogen and oxygen atoms in total. The zero-order valence-corrected chi connectivity index (χ0v) is 17.8.